The molecule has 0 fully saturated rings. The Balaban J connectivity index is 2.08. The van der Waals surface area contributed by atoms with Crippen molar-refractivity contribution in [3.05, 3.63) is 57.3 Å². The van der Waals surface area contributed by atoms with E-state index in [2.05, 4.69) is 25.7 Å². The maximum absolute atomic E-state index is 11.4. The van der Waals surface area contributed by atoms with Crippen molar-refractivity contribution in [2.45, 2.75) is 6.61 Å². The molecule has 104 valence electrons. The highest BCUT2D eigenvalue weighted by Gasteiger charge is 2.09. The molecule has 0 spiro atoms. The van der Waals surface area contributed by atoms with Crippen LogP contribution in [0, 0.1) is 0 Å². The van der Waals surface area contributed by atoms with E-state index in [1.165, 1.54) is 13.3 Å². The van der Waals surface area contributed by atoms with Gasteiger partial charge in [0.2, 0.25) is 0 Å². The second-order valence-corrected chi connectivity index (χ2v) is 5.22. The maximum Gasteiger partial charge on any atom is 0.337 e. The Morgan fingerprint density at radius 3 is 2.80 bits per heavy atom. The van der Waals surface area contributed by atoms with E-state index in [0.717, 1.165) is 10.0 Å². The molecule has 0 bridgehead atoms. The summed E-state index contributed by atoms with van der Waals surface area (Å²) in [7, 11) is 1.35. The number of aromatic nitrogens is 1. The van der Waals surface area contributed by atoms with Crippen LogP contribution in [0.4, 0.5) is 0 Å². The molecule has 0 aliphatic heterocycles. The zero-order valence-corrected chi connectivity index (χ0v) is 12.9. The molecule has 0 N–H and O–H groups in total. The van der Waals surface area contributed by atoms with Crippen molar-refractivity contribution >= 4 is 33.5 Å². The smallest absolute Gasteiger partial charge is 0.337 e. The van der Waals surface area contributed by atoms with Gasteiger partial charge in [-0.2, -0.15) is 0 Å². The number of carbonyl (C=O) groups excluding carboxylic acids is 1. The van der Waals surface area contributed by atoms with Gasteiger partial charge in [0.15, 0.2) is 0 Å². The molecule has 0 saturated heterocycles. The van der Waals surface area contributed by atoms with Gasteiger partial charge in [-0.05, 0) is 12.1 Å². The van der Waals surface area contributed by atoms with Crippen molar-refractivity contribution in [1.29, 1.82) is 0 Å². The van der Waals surface area contributed by atoms with E-state index in [1.807, 2.05) is 0 Å². The monoisotopic (exact) mass is 355 g/mol. The van der Waals surface area contributed by atoms with Crippen molar-refractivity contribution in [3.63, 3.8) is 0 Å². The summed E-state index contributed by atoms with van der Waals surface area (Å²) in [5, 5.41) is 0.516. The highest BCUT2D eigenvalue weighted by atomic mass is 79.9. The molecule has 6 heteroatoms. The SMILES string of the molecule is COC(=O)c1ccc(COc2cncc(Cl)c2)c(Br)c1. The van der Waals surface area contributed by atoms with Crippen molar-refractivity contribution in [2.24, 2.45) is 0 Å². The second-order valence-electron chi connectivity index (χ2n) is 3.93. The number of carbonyl (C=O) groups is 1. The quantitative estimate of drug-likeness (QED) is 0.781. The predicted octanol–water partition coefficient (Wildman–Crippen LogP) is 3.86. The molecular formula is C14H11BrClNO3. The van der Waals surface area contributed by atoms with Gasteiger partial charge in [0, 0.05) is 22.3 Å². The molecule has 0 amide bonds. The van der Waals surface area contributed by atoms with Crippen LogP contribution in [0.3, 0.4) is 0 Å². The minimum absolute atomic E-state index is 0.337. The summed E-state index contributed by atoms with van der Waals surface area (Å²) in [6, 6.07) is 6.87. The summed E-state index contributed by atoms with van der Waals surface area (Å²) < 4.78 is 11.0. The summed E-state index contributed by atoms with van der Waals surface area (Å²) in [5.74, 6) is 0.207. The number of hydrogen-bond acceptors (Lipinski definition) is 4. The summed E-state index contributed by atoms with van der Waals surface area (Å²) in [5.41, 5.74) is 1.38. The molecule has 0 atom stereocenters. The van der Waals surface area contributed by atoms with Gasteiger partial charge in [-0.15, -0.1) is 0 Å². The van der Waals surface area contributed by atoms with E-state index in [0.29, 0.717) is 22.9 Å². The first-order chi connectivity index (χ1) is 9.60. The number of halogens is 2. The van der Waals surface area contributed by atoms with E-state index >= 15 is 0 Å². The van der Waals surface area contributed by atoms with Crippen LogP contribution in [-0.2, 0) is 11.3 Å². The van der Waals surface area contributed by atoms with Gasteiger partial charge in [-0.3, -0.25) is 4.98 Å². The Bertz CT molecular complexity index is 634. The lowest BCUT2D eigenvalue weighted by atomic mass is 10.1. The van der Waals surface area contributed by atoms with Crippen LogP contribution in [0.15, 0.2) is 41.1 Å². The molecule has 2 rings (SSSR count). The fourth-order valence-electron chi connectivity index (χ4n) is 1.54. The Morgan fingerprint density at radius 1 is 1.35 bits per heavy atom. The first-order valence-electron chi connectivity index (χ1n) is 5.70. The molecule has 0 unspecified atom stereocenters. The number of ether oxygens (including phenoxy) is 2. The summed E-state index contributed by atoms with van der Waals surface area (Å²) in [4.78, 5) is 15.3. The average molecular weight is 357 g/mol. The highest BCUT2D eigenvalue weighted by Crippen LogP contribution is 2.22. The third kappa shape index (κ3) is 3.71. The first kappa shape index (κ1) is 14.8. The van der Waals surface area contributed by atoms with Crippen LogP contribution in [0.2, 0.25) is 5.02 Å². The molecule has 0 aliphatic carbocycles. The molecule has 1 aromatic carbocycles. The molecule has 0 saturated carbocycles. The lowest BCUT2D eigenvalue weighted by Gasteiger charge is -2.09. The zero-order valence-electron chi connectivity index (χ0n) is 10.6. The number of rotatable bonds is 4. The average Bonchev–Trinajstić information content (AvgIpc) is 2.45. The van der Waals surface area contributed by atoms with Gasteiger partial charge in [-0.25, -0.2) is 4.79 Å². The third-order valence-electron chi connectivity index (χ3n) is 2.55. The largest absolute Gasteiger partial charge is 0.487 e. The van der Waals surface area contributed by atoms with Gasteiger partial charge in [0.25, 0.3) is 0 Å². The normalized spacial score (nSPS) is 10.2. The molecule has 0 aliphatic rings. The van der Waals surface area contributed by atoms with E-state index in [-0.39, 0.29) is 5.97 Å². The van der Waals surface area contributed by atoms with Crippen LogP contribution in [0.25, 0.3) is 0 Å². The van der Waals surface area contributed by atoms with Gasteiger partial charge in [0.1, 0.15) is 12.4 Å². The van der Waals surface area contributed by atoms with E-state index < -0.39 is 0 Å². The van der Waals surface area contributed by atoms with Crippen molar-refractivity contribution < 1.29 is 14.3 Å². The number of pyridine rings is 1. The third-order valence-corrected chi connectivity index (χ3v) is 3.49. The van der Waals surface area contributed by atoms with Gasteiger partial charge in [0.05, 0.1) is 23.9 Å². The molecule has 1 heterocycles. The zero-order chi connectivity index (χ0) is 14.5. The molecule has 4 nitrogen and oxygen atoms in total. The number of methoxy groups -OCH3 is 1. The topological polar surface area (TPSA) is 48.4 Å². The molecule has 0 radical (unpaired) electrons. The lowest BCUT2D eigenvalue weighted by Crippen LogP contribution is -2.03. The molecule has 2 aromatic rings. The van der Waals surface area contributed by atoms with Crippen LogP contribution < -0.4 is 4.74 Å². The molecule has 1 aromatic heterocycles. The van der Waals surface area contributed by atoms with Gasteiger partial charge in [-0.1, -0.05) is 33.6 Å². The van der Waals surface area contributed by atoms with Crippen LogP contribution in [0.5, 0.6) is 5.75 Å². The van der Waals surface area contributed by atoms with Gasteiger partial charge >= 0.3 is 5.97 Å². The predicted molar refractivity (Wildman–Crippen MR) is 79.1 cm³/mol. The minimum Gasteiger partial charge on any atom is -0.487 e. The molecular weight excluding hydrogens is 346 g/mol. The van der Waals surface area contributed by atoms with Gasteiger partial charge < -0.3 is 9.47 Å². The number of esters is 1. The fraction of sp³-hybridized carbons (Fsp3) is 0.143. The van der Waals surface area contributed by atoms with Crippen LogP contribution >= 0.6 is 27.5 Å². The second kappa shape index (κ2) is 6.72. The summed E-state index contributed by atoms with van der Waals surface area (Å²) in [6.45, 7) is 0.337. The standard InChI is InChI=1S/C14H11BrClNO3/c1-19-14(18)9-2-3-10(13(15)4-9)8-20-12-5-11(16)6-17-7-12/h2-7H,8H2,1H3. The highest BCUT2D eigenvalue weighted by molar-refractivity contribution is 9.10. The minimum atomic E-state index is -0.378. The van der Waals surface area contributed by atoms with Crippen molar-refractivity contribution in [2.75, 3.05) is 7.11 Å². The van der Waals surface area contributed by atoms with E-state index in [9.17, 15) is 4.79 Å². The Hall–Kier alpha value is -1.59. The Morgan fingerprint density at radius 2 is 2.15 bits per heavy atom. The first-order valence-corrected chi connectivity index (χ1v) is 6.87. The maximum atomic E-state index is 11.4. The number of nitrogens with zero attached hydrogens (tertiary/aromatic N) is 1. The molecule has 20 heavy (non-hydrogen) atoms. The number of hydrogen-bond donors (Lipinski definition) is 0. The summed E-state index contributed by atoms with van der Waals surface area (Å²) >= 11 is 9.23. The van der Waals surface area contributed by atoms with Crippen molar-refractivity contribution in [1.82, 2.24) is 4.98 Å². The lowest BCUT2D eigenvalue weighted by molar-refractivity contribution is 0.0600. The Labute approximate surface area is 129 Å². The van der Waals surface area contributed by atoms with Crippen molar-refractivity contribution in [3.8, 4) is 5.75 Å². The van der Waals surface area contributed by atoms with E-state index in [4.69, 9.17) is 16.3 Å². The fourth-order valence-corrected chi connectivity index (χ4v) is 2.20. The van der Waals surface area contributed by atoms with E-state index in [1.54, 1.807) is 30.5 Å². The number of benzene rings is 1. The summed E-state index contributed by atoms with van der Waals surface area (Å²) in [6.07, 6.45) is 3.12. The Kier molecular flexibility index (Phi) is 4.98. The van der Waals surface area contributed by atoms with Crippen LogP contribution in [-0.4, -0.2) is 18.1 Å². The van der Waals surface area contributed by atoms with Crippen LogP contribution in [0.1, 0.15) is 15.9 Å².